The number of carbonyl (C=O) groups excluding carboxylic acids is 2. The normalized spacial score (nSPS) is 21.0. The van der Waals surface area contributed by atoms with Gasteiger partial charge in [0.2, 0.25) is 11.8 Å². The topological polar surface area (TPSA) is 67.2 Å². The van der Waals surface area contributed by atoms with Gasteiger partial charge in [0.05, 0.1) is 11.6 Å². The van der Waals surface area contributed by atoms with Gasteiger partial charge in [-0.05, 0) is 37.1 Å². The molecule has 1 saturated heterocycles. The predicted molar refractivity (Wildman–Crippen MR) is 94.3 cm³/mol. The number of aromatic nitrogens is 2. The highest BCUT2D eigenvalue weighted by Crippen LogP contribution is 2.30. The Bertz CT molecular complexity index is 765. The first kappa shape index (κ1) is 15.9. The Labute approximate surface area is 146 Å². The Kier molecular flexibility index (Phi) is 4.26. The van der Waals surface area contributed by atoms with Gasteiger partial charge < -0.3 is 10.2 Å². The van der Waals surface area contributed by atoms with Gasteiger partial charge >= 0.3 is 0 Å². The van der Waals surface area contributed by atoms with Gasteiger partial charge in [0.1, 0.15) is 0 Å². The summed E-state index contributed by atoms with van der Waals surface area (Å²) in [6.45, 7) is 0.550. The highest BCUT2D eigenvalue weighted by Gasteiger charge is 2.38. The zero-order chi connectivity index (χ0) is 17.2. The van der Waals surface area contributed by atoms with Crippen LogP contribution in [-0.4, -0.2) is 39.1 Å². The van der Waals surface area contributed by atoms with Gasteiger partial charge in [-0.3, -0.25) is 9.59 Å². The van der Waals surface area contributed by atoms with Gasteiger partial charge in [-0.25, -0.2) is 4.68 Å². The minimum absolute atomic E-state index is 0.0773. The molecule has 1 aromatic heterocycles. The Morgan fingerprint density at radius 3 is 2.80 bits per heavy atom. The largest absolute Gasteiger partial charge is 0.339 e. The monoisotopic (exact) mass is 338 g/mol. The van der Waals surface area contributed by atoms with Crippen molar-refractivity contribution < 1.29 is 9.59 Å². The molecule has 2 heterocycles. The lowest BCUT2D eigenvalue weighted by Crippen LogP contribution is -2.35. The van der Waals surface area contributed by atoms with E-state index < -0.39 is 0 Å². The van der Waals surface area contributed by atoms with Crippen molar-refractivity contribution in [2.24, 2.45) is 5.92 Å². The smallest absolute Gasteiger partial charge is 0.229 e. The second-order valence-electron chi connectivity index (χ2n) is 6.88. The fourth-order valence-corrected chi connectivity index (χ4v) is 3.87. The van der Waals surface area contributed by atoms with Crippen molar-refractivity contribution in [2.75, 3.05) is 11.9 Å². The standard InChI is InChI=1S/C19H22N4O2/c24-18-11-14(13-22(18)16-6-1-2-7-16)19(25)21-15-5-3-8-17(12-15)23-10-4-9-20-23/h3-5,8-10,12,14,16H,1-2,6-7,11,13H2,(H,21,25). The maximum atomic E-state index is 12.6. The molecule has 1 aliphatic heterocycles. The van der Waals surface area contributed by atoms with E-state index in [1.54, 1.807) is 10.9 Å². The van der Waals surface area contributed by atoms with Crippen molar-refractivity contribution in [1.29, 1.82) is 0 Å². The molecule has 1 saturated carbocycles. The second-order valence-corrected chi connectivity index (χ2v) is 6.88. The van der Waals surface area contributed by atoms with Crippen molar-refractivity contribution in [3.63, 3.8) is 0 Å². The van der Waals surface area contributed by atoms with Crippen molar-refractivity contribution in [1.82, 2.24) is 14.7 Å². The van der Waals surface area contributed by atoms with Crippen LogP contribution in [0.3, 0.4) is 0 Å². The van der Waals surface area contributed by atoms with Crippen molar-refractivity contribution in [3.8, 4) is 5.69 Å². The van der Waals surface area contributed by atoms with Crippen LogP contribution in [0, 0.1) is 5.92 Å². The third kappa shape index (κ3) is 3.29. The Morgan fingerprint density at radius 1 is 1.20 bits per heavy atom. The minimum Gasteiger partial charge on any atom is -0.339 e. The number of rotatable bonds is 4. The highest BCUT2D eigenvalue weighted by atomic mass is 16.2. The third-order valence-corrected chi connectivity index (χ3v) is 5.18. The first-order chi connectivity index (χ1) is 12.2. The van der Waals surface area contributed by atoms with Crippen LogP contribution >= 0.6 is 0 Å². The van der Waals surface area contributed by atoms with Crippen LogP contribution in [0.5, 0.6) is 0 Å². The molecular formula is C19H22N4O2. The average molecular weight is 338 g/mol. The molecule has 2 aromatic rings. The van der Waals surface area contributed by atoms with E-state index in [-0.39, 0.29) is 17.7 Å². The number of carbonyl (C=O) groups is 2. The molecule has 0 radical (unpaired) electrons. The lowest BCUT2D eigenvalue weighted by atomic mass is 10.1. The van der Waals surface area contributed by atoms with Gasteiger partial charge in [0.25, 0.3) is 0 Å². The first-order valence-electron chi connectivity index (χ1n) is 8.91. The molecule has 2 aliphatic rings. The lowest BCUT2D eigenvalue weighted by molar-refractivity contribution is -0.129. The van der Waals surface area contributed by atoms with Crippen LogP contribution in [-0.2, 0) is 9.59 Å². The quantitative estimate of drug-likeness (QED) is 0.932. The number of anilines is 1. The fourth-order valence-electron chi connectivity index (χ4n) is 3.87. The zero-order valence-corrected chi connectivity index (χ0v) is 14.1. The van der Waals surface area contributed by atoms with E-state index in [9.17, 15) is 9.59 Å². The Hall–Kier alpha value is -2.63. The molecule has 0 bridgehead atoms. The maximum Gasteiger partial charge on any atom is 0.229 e. The summed E-state index contributed by atoms with van der Waals surface area (Å²) < 4.78 is 1.75. The molecule has 1 aliphatic carbocycles. The minimum atomic E-state index is -0.263. The van der Waals surface area contributed by atoms with E-state index in [2.05, 4.69) is 10.4 Å². The van der Waals surface area contributed by atoms with Crippen molar-refractivity contribution in [2.45, 2.75) is 38.1 Å². The molecule has 4 rings (SSSR count). The fraction of sp³-hybridized carbons (Fsp3) is 0.421. The molecule has 25 heavy (non-hydrogen) atoms. The van der Waals surface area contributed by atoms with Crippen LogP contribution in [0.2, 0.25) is 0 Å². The summed E-state index contributed by atoms with van der Waals surface area (Å²) in [4.78, 5) is 26.8. The number of likely N-dealkylation sites (tertiary alicyclic amines) is 1. The number of nitrogens with zero attached hydrogens (tertiary/aromatic N) is 3. The molecule has 1 aromatic carbocycles. The van der Waals surface area contributed by atoms with Crippen molar-refractivity contribution in [3.05, 3.63) is 42.7 Å². The van der Waals surface area contributed by atoms with E-state index in [0.29, 0.717) is 19.0 Å². The van der Waals surface area contributed by atoms with Crippen LogP contribution in [0.15, 0.2) is 42.7 Å². The SMILES string of the molecule is O=C(Nc1cccc(-n2cccn2)c1)C1CC(=O)N(C2CCCC2)C1. The van der Waals surface area contributed by atoms with Gasteiger partial charge in [-0.2, -0.15) is 5.10 Å². The predicted octanol–water partition coefficient (Wildman–Crippen LogP) is 2.60. The molecule has 1 atom stereocenters. The molecule has 2 amide bonds. The molecule has 1 N–H and O–H groups in total. The molecule has 6 heteroatoms. The summed E-state index contributed by atoms with van der Waals surface area (Å²) in [6, 6.07) is 9.76. The summed E-state index contributed by atoms with van der Waals surface area (Å²) in [5, 5.41) is 7.16. The number of hydrogen-bond donors (Lipinski definition) is 1. The van der Waals surface area contributed by atoms with E-state index in [4.69, 9.17) is 0 Å². The third-order valence-electron chi connectivity index (χ3n) is 5.18. The number of amides is 2. The number of nitrogens with one attached hydrogen (secondary N) is 1. The van der Waals surface area contributed by atoms with Crippen LogP contribution in [0.4, 0.5) is 5.69 Å². The molecular weight excluding hydrogens is 316 g/mol. The van der Waals surface area contributed by atoms with Gasteiger partial charge in [-0.15, -0.1) is 0 Å². The lowest BCUT2D eigenvalue weighted by Gasteiger charge is -2.23. The Balaban J connectivity index is 1.42. The summed E-state index contributed by atoms with van der Waals surface area (Å²) in [5.41, 5.74) is 1.61. The maximum absolute atomic E-state index is 12.6. The van der Waals surface area contributed by atoms with Crippen LogP contribution in [0.25, 0.3) is 5.69 Å². The van der Waals surface area contributed by atoms with Gasteiger partial charge in [-0.1, -0.05) is 18.9 Å². The summed E-state index contributed by atoms with van der Waals surface area (Å²) >= 11 is 0. The van der Waals surface area contributed by atoms with E-state index >= 15 is 0 Å². The summed E-state index contributed by atoms with van der Waals surface area (Å²) in [6.07, 6.45) is 8.42. The number of benzene rings is 1. The van der Waals surface area contributed by atoms with Crippen LogP contribution < -0.4 is 5.32 Å². The first-order valence-corrected chi connectivity index (χ1v) is 8.91. The number of hydrogen-bond acceptors (Lipinski definition) is 3. The summed E-state index contributed by atoms with van der Waals surface area (Å²) in [7, 11) is 0. The second kappa shape index (κ2) is 6.70. The van der Waals surface area contributed by atoms with E-state index in [1.807, 2.05) is 41.4 Å². The molecule has 2 fully saturated rings. The van der Waals surface area contributed by atoms with Gasteiger partial charge in [0, 0.05) is 37.1 Å². The molecule has 130 valence electrons. The molecule has 1 unspecified atom stereocenters. The van der Waals surface area contributed by atoms with Crippen molar-refractivity contribution >= 4 is 17.5 Å². The van der Waals surface area contributed by atoms with Gasteiger partial charge in [0.15, 0.2) is 0 Å². The average Bonchev–Trinajstić information content (AvgIpc) is 3.36. The highest BCUT2D eigenvalue weighted by molar-refractivity contribution is 5.97. The summed E-state index contributed by atoms with van der Waals surface area (Å²) in [5.74, 6) is -0.217. The van der Waals surface area contributed by atoms with E-state index in [0.717, 1.165) is 24.2 Å². The molecule has 6 nitrogen and oxygen atoms in total. The van der Waals surface area contributed by atoms with Crippen LogP contribution in [0.1, 0.15) is 32.1 Å². The van der Waals surface area contributed by atoms with E-state index in [1.165, 1.54) is 12.8 Å². The molecule has 0 spiro atoms. The zero-order valence-electron chi connectivity index (χ0n) is 14.1. The Morgan fingerprint density at radius 2 is 2.04 bits per heavy atom.